The molecule has 0 spiro atoms. The first-order valence-corrected chi connectivity index (χ1v) is 13.4. The lowest BCUT2D eigenvalue weighted by Gasteiger charge is -2.26. The van der Waals surface area contributed by atoms with Gasteiger partial charge in [0, 0.05) is 35.1 Å². The maximum atomic E-state index is 13.7. The monoisotopic (exact) mass is 550 g/mol. The van der Waals surface area contributed by atoms with Crippen LogP contribution in [-0.4, -0.2) is 50.2 Å². The van der Waals surface area contributed by atoms with Crippen molar-refractivity contribution in [2.45, 2.75) is 16.8 Å². The van der Waals surface area contributed by atoms with E-state index in [9.17, 15) is 23.3 Å². The molecule has 3 aromatic rings. The Morgan fingerprint density at radius 3 is 2.67 bits per heavy atom. The van der Waals surface area contributed by atoms with Crippen LogP contribution in [0.5, 0.6) is 5.75 Å². The second-order valence-electron chi connectivity index (χ2n) is 7.40. The third-order valence-corrected chi connectivity index (χ3v) is 7.91. The number of benzene rings is 2. The second-order valence-corrected chi connectivity index (χ2v) is 10.8. The highest BCUT2D eigenvalue weighted by molar-refractivity contribution is 7.99. The summed E-state index contributed by atoms with van der Waals surface area (Å²) in [7, 11) is -3.08. The zero-order chi connectivity index (χ0) is 26.3. The van der Waals surface area contributed by atoms with Crippen LogP contribution < -0.4 is 14.4 Å². The SMILES string of the molecule is COc1ccc(Cl)cc1N(CC(=O)NCCSc1ccccn1)S(=O)(=O)c1ccc(C)c([N+](=O)[O-])c1. The zero-order valence-electron chi connectivity index (χ0n) is 19.4. The molecule has 0 saturated carbocycles. The molecule has 0 aliphatic carbocycles. The van der Waals surface area contributed by atoms with Gasteiger partial charge in [0.2, 0.25) is 5.91 Å². The Kier molecular flexibility index (Phi) is 9.13. The number of thioether (sulfide) groups is 1. The number of halogens is 1. The number of nitro benzene ring substituents is 1. The highest BCUT2D eigenvalue weighted by atomic mass is 35.5. The van der Waals surface area contributed by atoms with E-state index in [4.69, 9.17) is 16.3 Å². The van der Waals surface area contributed by atoms with E-state index >= 15 is 0 Å². The molecule has 36 heavy (non-hydrogen) atoms. The van der Waals surface area contributed by atoms with E-state index in [1.807, 2.05) is 12.1 Å². The summed E-state index contributed by atoms with van der Waals surface area (Å²) in [5, 5.41) is 15.1. The van der Waals surface area contributed by atoms with E-state index in [2.05, 4.69) is 10.3 Å². The van der Waals surface area contributed by atoms with Crippen LogP contribution in [0, 0.1) is 17.0 Å². The fraction of sp³-hybridized carbons (Fsp3) is 0.217. The topological polar surface area (TPSA) is 132 Å². The van der Waals surface area contributed by atoms with Crippen LogP contribution in [0.3, 0.4) is 0 Å². The van der Waals surface area contributed by atoms with Gasteiger partial charge < -0.3 is 10.1 Å². The smallest absolute Gasteiger partial charge is 0.273 e. The molecule has 0 unspecified atom stereocenters. The van der Waals surface area contributed by atoms with Crippen molar-refractivity contribution in [3.8, 4) is 5.75 Å². The number of pyridine rings is 1. The normalized spacial score (nSPS) is 11.1. The van der Waals surface area contributed by atoms with Crippen LogP contribution in [0.25, 0.3) is 0 Å². The molecule has 1 amide bonds. The maximum absolute atomic E-state index is 13.7. The maximum Gasteiger partial charge on any atom is 0.273 e. The molecule has 1 heterocycles. The summed E-state index contributed by atoms with van der Waals surface area (Å²) in [6.45, 7) is 1.16. The summed E-state index contributed by atoms with van der Waals surface area (Å²) in [5.74, 6) is 0.0899. The number of amides is 1. The number of nitrogens with zero attached hydrogens (tertiary/aromatic N) is 3. The highest BCUT2D eigenvalue weighted by Gasteiger charge is 2.31. The number of anilines is 1. The van der Waals surface area contributed by atoms with Gasteiger partial charge in [-0.1, -0.05) is 23.7 Å². The number of nitro groups is 1. The summed E-state index contributed by atoms with van der Waals surface area (Å²) in [4.78, 5) is 27.4. The van der Waals surface area contributed by atoms with Crippen LogP contribution >= 0.6 is 23.4 Å². The number of methoxy groups -OCH3 is 1. The lowest BCUT2D eigenvalue weighted by atomic mass is 10.2. The van der Waals surface area contributed by atoms with Crippen molar-refractivity contribution in [1.82, 2.24) is 10.3 Å². The molecule has 0 fully saturated rings. The van der Waals surface area contributed by atoms with Crippen LogP contribution in [0.2, 0.25) is 5.02 Å². The first-order chi connectivity index (χ1) is 17.1. The van der Waals surface area contributed by atoms with Crippen LogP contribution in [0.1, 0.15) is 5.56 Å². The average Bonchev–Trinajstić information content (AvgIpc) is 2.85. The van der Waals surface area contributed by atoms with Crippen LogP contribution in [0.15, 0.2) is 70.7 Å². The molecule has 1 aromatic heterocycles. The molecule has 0 aliphatic heterocycles. The number of nitrogens with one attached hydrogen (secondary N) is 1. The summed E-state index contributed by atoms with van der Waals surface area (Å²) in [5.41, 5.74) is -0.0368. The Balaban J connectivity index is 1.89. The van der Waals surface area contributed by atoms with Gasteiger partial charge in [0.25, 0.3) is 15.7 Å². The third-order valence-electron chi connectivity index (χ3n) is 4.97. The molecule has 0 saturated heterocycles. The molecular weight excluding hydrogens is 528 g/mol. The minimum Gasteiger partial charge on any atom is -0.495 e. The number of aryl methyl sites for hydroxylation is 1. The van der Waals surface area contributed by atoms with E-state index in [1.54, 1.807) is 12.3 Å². The number of aromatic nitrogens is 1. The van der Waals surface area contributed by atoms with Crippen molar-refractivity contribution in [1.29, 1.82) is 0 Å². The Morgan fingerprint density at radius 1 is 1.22 bits per heavy atom. The first kappa shape index (κ1) is 27.2. The van der Waals surface area contributed by atoms with Gasteiger partial charge in [-0.3, -0.25) is 19.2 Å². The number of carbonyl (C=O) groups is 1. The number of hydrogen-bond acceptors (Lipinski definition) is 8. The number of sulfonamides is 1. The number of rotatable bonds is 11. The molecule has 3 rings (SSSR count). The quantitative estimate of drug-likeness (QED) is 0.163. The Morgan fingerprint density at radius 2 is 2.00 bits per heavy atom. The van der Waals surface area contributed by atoms with Gasteiger partial charge in [-0.2, -0.15) is 0 Å². The second kappa shape index (κ2) is 12.1. The molecule has 190 valence electrons. The molecular formula is C23H23ClN4O6S2. The average molecular weight is 551 g/mol. The van der Waals surface area contributed by atoms with Gasteiger partial charge in [-0.25, -0.2) is 13.4 Å². The van der Waals surface area contributed by atoms with Gasteiger partial charge in [0.1, 0.15) is 12.3 Å². The van der Waals surface area contributed by atoms with E-state index in [-0.39, 0.29) is 33.6 Å². The summed E-state index contributed by atoms with van der Waals surface area (Å²) < 4.78 is 33.5. The highest BCUT2D eigenvalue weighted by Crippen LogP contribution is 2.35. The van der Waals surface area contributed by atoms with Crippen molar-refractivity contribution in [2.75, 3.05) is 30.3 Å². The lowest BCUT2D eigenvalue weighted by Crippen LogP contribution is -2.41. The van der Waals surface area contributed by atoms with Gasteiger partial charge in [-0.05, 0) is 43.3 Å². The minimum absolute atomic E-state index is 0.0197. The molecule has 0 radical (unpaired) electrons. The van der Waals surface area contributed by atoms with Crippen molar-refractivity contribution >= 4 is 50.7 Å². The Hall–Kier alpha value is -3.35. The number of ether oxygens (including phenoxy) is 1. The van der Waals surface area contributed by atoms with E-state index in [0.29, 0.717) is 11.3 Å². The molecule has 0 aliphatic rings. The standard InChI is InChI=1S/C23H23ClN4O6S2/c1-16-6-8-18(14-19(16)28(30)31)36(32,33)27(20-13-17(24)7-9-21(20)34-2)15-22(29)25-11-12-35-23-5-3-4-10-26-23/h3-10,13-14H,11-12,15H2,1-2H3,(H,25,29). The molecule has 1 N–H and O–H groups in total. The number of carbonyl (C=O) groups excluding carboxylic acids is 1. The summed E-state index contributed by atoms with van der Waals surface area (Å²) in [6, 6.07) is 13.4. The number of hydrogen-bond donors (Lipinski definition) is 1. The van der Waals surface area contributed by atoms with Gasteiger partial charge in [0.05, 0.1) is 27.6 Å². The minimum atomic E-state index is -4.43. The van der Waals surface area contributed by atoms with Gasteiger partial charge in [0.15, 0.2) is 0 Å². The lowest BCUT2D eigenvalue weighted by molar-refractivity contribution is -0.385. The van der Waals surface area contributed by atoms with E-state index in [0.717, 1.165) is 15.4 Å². The fourth-order valence-electron chi connectivity index (χ4n) is 3.20. The zero-order valence-corrected chi connectivity index (χ0v) is 21.8. The van der Waals surface area contributed by atoms with Crippen molar-refractivity contribution in [3.63, 3.8) is 0 Å². The Bertz CT molecular complexity index is 1360. The summed E-state index contributed by atoms with van der Waals surface area (Å²) in [6.07, 6.45) is 1.66. The van der Waals surface area contributed by atoms with Gasteiger partial charge in [-0.15, -0.1) is 11.8 Å². The Labute approximate surface area is 217 Å². The molecule has 0 atom stereocenters. The molecule has 13 heteroatoms. The van der Waals surface area contributed by atoms with Gasteiger partial charge >= 0.3 is 0 Å². The predicted octanol–water partition coefficient (Wildman–Crippen LogP) is 4.06. The largest absolute Gasteiger partial charge is 0.495 e. The third kappa shape index (κ3) is 6.65. The van der Waals surface area contributed by atoms with E-state index in [1.165, 1.54) is 56.1 Å². The predicted molar refractivity (Wildman–Crippen MR) is 138 cm³/mol. The molecule has 0 bridgehead atoms. The van der Waals surface area contributed by atoms with Crippen molar-refractivity contribution in [2.24, 2.45) is 0 Å². The summed E-state index contributed by atoms with van der Waals surface area (Å²) >= 11 is 7.56. The van der Waals surface area contributed by atoms with Crippen LogP contribution in [-0.2, 0) is 14.8 Å². The molecule has 2 aromatic carbocycles. The van der Waals surface area contributed by atoms with Crippen LogP contribution in [0.4, 0.5) is 11.4 Å². The van der Waals surface area contributed by atoms with Crippen molar-refractivity contribution in [3.05, 3.63) is 81.5 Å². The fourth-order valence-corrected chi connectivity index (χ4v) is 5.53. The first-order valence-electron chi connectivity index (χ1n) is 10.6. The molecule has 10 nitrogen and oxygen atoms in total. The van der Waals surface area contributed by atoms with Crippen molar-refractivity contribution < 1.29 is 22.9 Å². The van der Waals surface area contributed by atoms with E-state index < -0.39 is 27.4 Å².